The maximum atomic E-state index is 6.00. The molecule has 1 aliphatic rings. The van der Waals surface area contributed by atoms with Crippen LogP contribution in [-0.4, -0.2) is 6.04 Å². The van der Waals surface area contributed by atoms with Crippen molar-refractivity contribution in [3.05, 3.63) is 39.0 Å². The second kappa shape index (κ2) is 6.34. The van der Waals surface area contributed by atoms with Crippen LogP contribution in [0.2, 0.25) is 9.36 Å². The summed E-state index contributed by atoms with van der Waals surface area (Å²) in [5.41, 5.74) is 2.17. The normalized spacial score (nSPS) is 16.2. The third-order valence-electron chi connectivity index (χ3n) is 3.38. The van der Waals surface area contributed by atoms with Gasteiger partial charge in [-0.3, -0.25) is 0 Å². The van der Waals surface area contributed by atoms with E-state index in [-0.39, 0.29) is 0 Å². The van der Waals surface area contributed by atoms with E-state index in [1.54, 1.807) is 0 Å². The summed E-state index contributed by atoms with van der Waals surface area (Å²) in [5.74, 6) is 0.710. The van der Waals surface area contributed by atoms with Crippen LogP contribution in [0.15, 0.2) is 24.8 Å². The van der Waals surface area contributed by atoms with E-state index in [4.69, 9.17) is 23.2 Å². The molecule has 19 heavy (non-hydrogen) atoms. The molecule has 104 valence electrons. The van der Waals surface area contributed by atoms with Crippen molar-refractivity contribution in [1.29, 1.82) is 0 Å². The third kappa shape index (κ3) is 3.77. The molecule has 1 aromatic rings. The zero-order valence-corrected chi connectivity index (χ0v) is 13.5. The zero-order chi connectivity index (χ0) is 14.0. The number of hydrogen-bond donors (Lipinski definition) is 1. The summed E-state index contributed by atoms with van der Waals surface area (Å²) in [6, 6.07) is 2.21. The molecule has 0 saturated heterocycles. The summed E-state index contributed by atoms with van der Waals surface area (Å²) in [7, 11) is 0. The summed E-state index contributed by atoms with van der Waals surface area (Å²) in [6.07, 6.45) is 4.75. The van der Waals surface area contributed by atoms with Crippen LogP contribution in [0.5, 0.6) is 0 Å². The molecular formula is C15H19Cl2NS. The number of nitrogens with one attached hydrogen (secondary N) is 1. The molecule has 0 radical (unpaired) electrons. The lowest BCUT2D eigenvalue weighted by Gasteiger charge is -2.22. The molecule has 0 amide bonds. The van der Waals surface area contributed by atoms with Crippen molar-refractivity contribution >= 4 is 40.2 Å². The van der Waals surface area contributed by atoms with Gasteiger partial charge in [-0.1, -0.05) is 55.3 Å². The van der Waals surface area contributed by atoms with Crippen LogP contribution in [0, 0.1) is 5.92 Å². The first-order chi connectivity index (χ1) is 9.02. The van der Waals surface area contributed by atoms with Gasteiger partial charge in [0.05, 0.1) is 9.90 Å². The second-order valence-electron chi connectivity index (χ2n) is 5.08. The van der Waals surface area contributed by atoms with Gasteiger partial charge in [0.15, 0.2) is 0 Å². The molecule has 1 saturated carbocycles. The van der Waals surface area contributed by atoms with Crippen LogP contribution in [0.1, 0.15) is 37.5 Å². The van der Waals surface area contributed by atoms with Gasteiger partial charge >= 0.3 is 0 Å². The Kier molecular flexibility index (Phi) is 4.99. The summed E-state index contributed by atoms with van der Waals surface area (Å²) in [4.78, 5) is 1.00. The number of halogens is 2. The number of hydrogen-bond acceptors (Lipinski definition) is 2. The first-order valence-corrected chi connectivity index (χ1v) is 8.18. The topological polar surface area (TPSA) is 12.0 Å². The zero-order valence-electron chi connectivity index (χ0n) is 11.1. The van der Waals surface area contributed by atoms with Gasteiger partial charge in [0.1, 0.15) is 4.34 Å². The Morgan fingerprint density at radius 1 is 1.47 bits per heavy atom. The molecule has 4 heteroatoms. The Balaban J connectivity index is 2.04. The van der Waals surface area contributed by atoms with Gasteiger partial charge < -0.3 is 5.32 Å². The Morgan fingerprint density at radius 2 is 2.16 bits per heavy atom. The molecule has 1 atom stereocenters. The molecule has 0 aromatic carbocycles. The first-order valence-electron chi connectivity index (χ1n) is 6.61. The van der Waals surface area contributed by atoms with E-state index >= 15 is 0 Å². The van der Waals surface area contributed by atoms with E-state index in [1.807, 2.05) is 6.07 Å². The molecule has 1 nitrogen and oxygen atoms in total. The van der Waals surface area contributed by atoms with E-state index in [0.717, 1.165) is 23.4 Å². The molecule has 1 unspecified atom stereocenters. The van der Waals surface area contributed by atoms with Gasteiger partial charge in [0.25, 0.3) is 0 Å². The highest BCUT2D eigenvalue weighted by atomic mass is 35.5. The van der Waals surface area contributed by atoms with E-state index in [0.29, 0.717) is 21.3 Å². The predicted octanol–water partition coefficient (Wildman–Crippen LogP) is 5.75. The monoisotopic (exact) mass is 315 g/mol. The average molecular weight is 316 g/mol. The van der Waals surface area contributed by atoms with Crippen molar-refractivity contribution < 1.29 is 0 Å². The molecule has 1 aromatic heterocycles. The highest BCUT2D eigenvalue weighted by molar-refractivity contribution is 7.17. The van der Waals surface area contributed by atoms with Crippen molar-refractivity contribution in [2.75, 3.05) is 0 Å². The molecule has 1 heterocycles. The van der Waals surface area contributed by atoms with Crippen molar-refractivity contribution in [3.63, 3.8) is 0 Å². The SMILES string of the molecule is C=C(NC(C(=C)CCC)C1CC1)c1cc(Cl)c(Cl)s1. The Labute approximate surface area is 129 Å². The van der Waals surface area contributed by atoms with Gasteiger partial charge in [-0.05, 0) is 31.2 Å². The summed E-state index contributed by atoms with van der Waals surface area (Å²) >= 11 is 13.4. The quantitative estimate of drug-likeness (QED) is 0.632. The molecule has 0 aliphatic heterocycles. The largest absolute Gasteiger partial charge is 0.378 e. The Morgan fingerprint density at radius 3 is 2.63 bits per heavy atom. The van der Waals surface area contributed by atoms with Gasteiger partial charge in [0.2, 0.25) is 0 Å². The fourth-order valence-corrected chi connectivity index (χ4v) is 3.52. The lowest BCUT2D eigenvalue weighted by molar-refractivity contribution is 0.580. The van der Waals surface area contributed by atoms with Crippen LogP contribution >= 0.6 is 34.5 Å². The minimum atomic E-state index is 0.340. The van der Waals surface area contributed by atoms with Crippen molar-refractivity contribution in [2.45, 2.75) is 38.6 Å². The standard InChI is InChI=1S/C15H19Cl2NS/c1-4-5-9(2)14(11-6-7-11)18-10(3)13-8-12(16)15(17)19-13/h8,11,14,18H,2-7H2,1H3. The van der Waals surface area contributed by atoms with E-state index < -0.39 is 0 Å². The van der Waals surface area contributed by atoms with Crippen LogP contribution in [0.25, 0.3) is 5.70 Å². The fraction of sp³-hybridized carbons (Fsp3) is 0.467. The maximum absolute atomic E-state index is 6.00. The second-order valence-corrected chi connectivity index (χ2v) is 7.14. The maximum Gasteiger partial charge on any atom is 0.112 e. The van der Waals surface area contributed by atoms with Crippen LogP contribution < -0.4 is 5.32 Å². The predicted molar refractivity (Wildman–Crippen MR) is 87.1 cm³/mol. The van der Waals surface area contributed by atoms with E-state index in [1.165, 1.54) is 29.8 Å². The Bertz CT molecular complexity index is 469. The summed E-state index contributed by atoms with van der Waals surface area (Å²) < 4.78 is 0.620. The van der Waals surface area contributed by atoms with Crippen molar-refractivity contribution in [2.24, 2.45) is 5.92 Å². The molecular weight excluding hydrogens is 297 g/mol. The highest BCUT2D eigenvalue weighted by Gasteiger charge is 2.33. The minimum Gasteiger partial charge on any atom is -0.378 e. The smallest absolute Gasteiger partial charge is 0.112 e. The minimum absolute atomic E-state index is 0.340. The van der Waals surface area contributed by atoms with Crippen molar-refractivity contribution in [3.8, 4) is 0 Å². The highest BCUT2D eigenvalue weighted by Crippen LogP contribution is 2.39. The number of thiophene rings is 1. The molecule has 1 N–H and O–H groups in total. The van der Waals surface area contributed by atoms with Crippen LogP contribution in [-0.2, 0) is 0 Å². The van der Waals surface area contributed by atoms with E-state index in [9.17, 15) is 0 Å². The molecule has 1 fully saturated rings. The first kappa shape index (κ1) is 15.0. The Hall–Kier alpha value is -0.440. The summed E-state index contributed by atoms with van der Waals surface area (Å²) in [5, 5.41) is 4.12. The van der Waals surface area contributed by atoms with Crippen molar-refractivity contribution in [1.82, 2.24) is 5.32 Å². The fourth-order valence-electron chi connectivity index (χ4n) is 2.21. The molecule has 2 rings (SSSR count). The number of rotatable bonds is 7. The molecule has 0 bridgehead atoms. The van der Waals surface area contributed by atoms with Crippen LogP contribution in [0.3, 0.4) is 0 Å². The molecule has 0 spiro atoms. The van der Waals surface area contributed by atoms with Crippen LogP contribution in [0.4, 0.5) is 0 Å². The summed E-state index contributed by atoms with van der Waals surface area (Å²) in [6.45, 7) is 10.5. The average Bonchev–Trinajstić information content (AvgIpc) is 3.13. The van der Waals surface area contributed by atoms with Gasteiger partial charge in [-0.2, -0.15) is 0 Å². The molecule has 1 aliphatic carbocycles. The lowest BCUT2D eigenvalue weighted by Crippen LogP contribution is -2.30. The van der Waals surface area contributed by atoms with Gasteiger partial charge in [-0.15, -0.1) is 11.3 Å². The van der Waals surface area contributed by atoms with Gasteiger partial charge in [0, 0.05) is 11.7 Å². The van der Waals surface area contributed by atoms with Gasteiger partial charge in [-0.25, -0.2) is 0 Å². The van der Waals surface area contributed by atoms with E-state index in [2.05, 4.69) is 25.4 Å². The lowest BCUT2D eigenvalue weighted by atomic mass is 9.99. The third-order valence-corrected chi connectivity index (χ3v) is 5.30.